The lowest BCUT2D eigenvalue weighted by Crippen LogP contribution is -2.21. The molecular weight excluding hydrogens is 312 g/mol. The Bertz CT molecular complexity index is 1180. The van der Waals surface area contributed by atoms with Crippen LogP contribution in [0.15, 0.2) is 71.5 Å². The molecule has 0 fully saturated rings. The van der Waals surface area contributed by atoms with Crippen molar-refractivity contribution in [2.45, 2.75) is 0 Å². The first kappa shape index (κ1) is 15.1. The number of fused-ring (bicyclic) bond motifs is 2. The molecule has 0 unspecified atom stereocenters. The van der Waals surface area contributed by atoms with Crippen LogP contribution in [0.1, 0.15) is 11.3 Å². The number of benzene rings is 3. The Morgan fingerprint density at radius 2 is 1.64 bits per heavy atom. The van der Waals surface area contributed by atoms with Gasteiger partial charge >= 0.3 is 0 Å². The van der Waals surface area contributed by atoms with E-state index in [0.717, 1.165) is 16.3 Å². The van der Waals surface area contributed by atoms with E-state index in [2.05, 4.69) is 4.98 Å². The van der Waals surface area contributed by atoms with Gasteiger partial charge in [-0.1, -0.05) is 54.6 Å². The molecule has 0 saturated carbocycles. The van der Waals surface area contributed by atoms with Crippen molar-refractivity contribution in [1.29, 1.82) is 0 Å². The lowest BCUT2D eigenvalue weighted by Gasteiger charge is -2.08. The minimum atomic E-state index is -0.245. The van der Waals surface area contributed by atoms with Crippen molar-refractivity contribution in [3.8, 4) is 0 Å². The number of rotatable bonds is 2. The molecule has 1 heterocycles. The Morgan fingerprint density at radius 1 is 1.00 bits per heavy atom. The van der Waals surface area contributed by atoms with E-state index >= 15 is 0 Å². The molecule has 122 valence electrons. The average Bonchev–Trinajstić information content (AvgIpc) is 2.65. The summed E-state index contributed by atoms with van der Waals surface area (Å²) in [6, 6.07) is 21.0. The van der Waals surface area contributed by atoms with Crippen molar-refractivity contribution in [3.63, 3.8) is 0 Å². The van der Waals surface area contributed by atoms with Gasteiger partial charge in [0, 0.05) is 18.7 Å². The van der Waals surface area contributed by atoms with Crippen LogP contribution in [-0.2, 0) is 7.05 Å². The van der Waals surface area contributed by atoms with Gasteiger partial charge in [-0.2, -0.15) is 0 Å². The standard InChI is InChI=1S/C21H16N2O2/c1-23-19-12-16-10-6-5-9-15(16)11-17(19)22-18(21(23)25)13-20(24)14-7-3-2-4-8-14/h2-13,24H,1H3/b20-13-. The first-order chi connectivity index (χ1) is 12.1. The average molecular weight is 328 g/mol. The highest BCUT2D eigenvalue weighted by atomic mass is 16.3. The van der Waals surface area contributed by atoms with Crippen molar-refractivity contribution in [3.05, 3.63) is 88.3 Å². The smallest absolute Gasteiger partial charge is 0.276 e. The van der Waals surface area contributed by atoms with Gasteiger partial charge in [0.05, 0.1) is 11.0 Å². The molecule has 4 nitrogen and oxygen atoms in total. The number of aliphatic hydroxyl groups is 1. The number of aromatic nitrogens is 2. The van der Waals surface area contributed by atoms with Crippen molar-refractivity contribution in [2.24, 2.45) is 7.05 Å². The Labute approximate surface area is 144 Å². The van der Waals surface area contributed by atoms with Crippen molar-refractivity contribution in [1.82, 2.24) is 9.55 Å². The molecule has 1 aromatic heterocycles. The van der Waals surface area contributed by atoms with Crippen molar-refractivity contribution < 1.29 is 5.11 Å². The van der Waals surface area contributed by atoms with Crippen molar-refractivity contribution >= 4 is 33.6 Å². The molecular formula is C21H16N2O2. The van der Waals surface area contributed by atoms with E-state index in [0.29, 0.717) is 11.1 Å². The van der Waals surface area contributed by atoms with E-state index in [9.17, 15) is 9.90 Å². The summed E-state index contributed by atoms with van der Waals surface area (Å²) in [7, 11) is 1.72. The van der Waals surface area contributed by atoms with Crippen LogP contribution in [0.4, 0.5) is 0 Å². The SMILES string of the molecule is Cn1c(=O)c(/C=C(\O)c2ccccc2)nc2cc3ccccc3cc21. The zero-order valence-electron chi connectivity index (χ0n) is 13.7. The van der Waals surface area contributed by atoms with Crippen LogP contribution < -0.4 is 5.56 Å². The Balaban J connectivity index is 1.94. The van der Waals surface area contributed by atoms with Gasteiger partial charge in [-0.3, -0.25) is 4.79 Å². The zero-order chi connectivity index (χ0) is 17.4. The molecule has 4 rings (SSSR count). The summed E-state index contributed by atoms with van der Waals surface area (Å²) in [6.45, 7) is 0. The molecule has 0 spiro atoms. The highest BCUT2D eigenvalue weighted by Gasteiger charge is 2.09. The number of hydrogen-bond acceptors (Lipinski definition) is 3. The second-order valence-corrected chi connectivity index (χ2v) is 5.94. The first-order valence-electron chi connectivity index (χ1n) is 7.99. The second-order valence-electron chi connectivity index (χ2n) is 5.94. The molecule has 0 aliphatic heterocycles. The lowest BCUT2D eigenvalue weighted by molar-refractivity contribution is 0.515. The molecule has 0 aliphatic rings. The maximum Gasteiger partial charge on any atom is 0.276 e. The molecule has 0 aliphatic carbocycles. The third-order valence-corrected chi connectivity index (χ3v) is 4.31. The monoisotopic (exact) mass is 328 g/mol. The summed E-state index contributed by atoms with van der Waals surface area (Å²) >= 11 is 0. The fraction of sp³-hybridized carbons (Fsp3) is 0.0476. The minimum absolute atomic E-state index is 0.0188. The number of nitrogens with zero attached hydrogens (tertiary/aromatic N) is 2. The van der Waals surface area contributed by atoms with Crippen LogP contribution in [-0.4, -0.2) is 14.7 Å². The van der Waals surface area contributed by atoms with Gasteiger partial charge in [-0.05, 0) is 22.9 Å². The molecule has 4 aromatic rings. The van der Waals surface area contributed by atoms with Gasteiger partial charge in [0.25, 0.3) is 5.56 Å². The Morgan fingerprint density at radius 3 is 2.36 bits per heavy atom. The first-order valence-corrected chi connectivity index (χ1v) is 7.99. The summed E-state index contributed by atoms with van der Waals surface area (Å²) in [6.07, 6.45) is 1.42. The predicted octanol–water partition coefficient (Wildman–Crippen LogP) is 4.14. The van der Waals surface area contributed by atoms with Crippen LogP contribution in [0.3, 0.4) is 0 Å². The molecule has 3 aromatic carbocycles. The maximum atomic E-state index is 12.6. The molecule has 1 N–H and O–H groups in total. The summed E-state index contributed by atoms with van der Waals surface area (Å²) in [5.41, 5.74) is 2.09. The Hall–Kier alpha value is -3.40. The number of aliphatic hydroxyl groups excluding tert-OH is 1. The topological polar surface area (TPSA) is 55.1 Å². The van der Waals surface area contributed by atoms with Crippen LogP contribution in [0.5, 0.6) is 0 Å². The van der Waals surface area contributed by atoms with Crippen LogP contribution in [0.25, 0.3) is 33.6 Å². The van der Waals surface area contributed by atoms with Gasteiger partial charge in [0.15, 0.2) is 0 Å². The third kappa shape index (κ3) is 2.68. The quantitative estimate of drug-likeness (QED) is 0.444. The molecule has 4 heteroatoms. The summed E-state index contributed by atoms with van der Waals surface area (Å²) in [4.78, 5) is 17.1. The molecule has 0 saturated heterocycles. The highest BCUT2D eigenvalue weighted by molar-refractivity contribution is 5.95. The van der Waals surface area contributed by atoms with Crippen LogP contribution >= 0.6 is 0 Å². The van der Waals surface area contributed by atoms with E-state index in [1.165, 1.54) is 6.08 Å². The fourth-order valence-corrected chi connectivity index (χ4v) is 2.95. The third-order valence-electron chi connectivity index (χ3n) is 4.31. The largest absolute Gasteiger partial charge is 0.507 e. The normalized spacial score (nSPS) is 12.0. The predicted molar refractivity (Wildman–Crippen MR) is 101 cm³/mol. The van der Waals surface area contributed by atoms with Crippen molar-refractivity contribution in [2.75, 3.05) is 0 Å². The molecule has 0 radical (unpaired) electrons. The Kier molecular flexibility index (Phi) is 3.58. The van der Waals surface area contributed by atoms with Gasteiger partial charge in [-0.15, -0.1) is 0 Å². The lowest BCUT2D eigenvalue weighted by atomic mass is 10.1. The zero-order valence-corrected chi connectivity index (χ0v) is 13.7. The van der Waals surface area contributed by atoms with E-state index < -0.39 is 0 Å². The van der Waals surface area contributed by atoms with Gasteiger partial charge < -0.3 is 9.67 Å². The number of aryl methyl sites for hydroxylation is 1. The summed E-state index contributed by atoms with van der Waals surface area (Å²) < 4.78 is 1.57. The second kappa shape index (κ2) is 5.91. The molecule has 25 heavy (non-hydrogen) atoms. The number of hydrogen-bond donors (Lipinski definition) is 1. The van der Waals surface area contributed by atoms with Gasteiger partial charge in [-0.25, -0.2) is 4.98 Å². The molecule has 0 atom stereocenters. The minimum Gasteiger partial charge on any atom is -0.507 e. The molecule has 0 amide bonds. The van der Waals surface area contributed by atoms with E-state index in [4.69, 9.17) is 0 Å². The fourth-order valence-electron chi connectivity index (χ4n) is 2.95. The van der Waals surface area contributed by atoms with Gasteiger partial charge in [0.1, 0.15) is 11.5 Å². The van der Waals surface area contributed by atoms with Gasteiger partial charge in [0.2, 0.25) is 0 Å². The highest BCUT2D eigenvalue weighted by Crippen LogP contribution is 2.21. The van der Waals surface area contributed by atoms with E-state index in [-0.39, 0.29) is 17.0 Å². The summed E-state index contributed by atoms with van der Waals surface area (Å²) in [5.74, 6) is 0.0188. The van der Waals surface area contributed by atoms with E-state index in [1.807, 2.05) is 54.6 Å². The van der Waals surface area contributed by atoms with E-state index in [1.54, 1.807) is 23.7 Å². The maximum absolute atomic E-state index is 12.6. The molecule has 0 bridgehead atoms. The van der Waals surface area contributed by atoms with Crippen LogP contribution in [0.2, 0.25) is 0 Å². The van der Waals surface area contributed by atoms with Crippen LogP contribution in [0, 0.1) is 0 Å². The summed E-state index contributed by atoms with van der Waals surface area (Å²) in [5, 5.41) is 12.4.